The average molecular weight is 375 g/mol. The molecule has 0 bridgehead atoms. The van der Waals surface area contributed by atoms with Crippen LogP contribution >= 0.6 is 23.2 Å². The first-order chi connectivity index (χ1) is 10.8. The van der Waals surface area contributed by atoms with E-state index in [9.17, 15) is 13.2 Å². The van der Waals surface area contributed by atoms with E-state index in [1.54, 1.807) is 0 Å². The van der Waals surface area contributed by atoms with Gasteiger partial charge >= 0.3 is 0 Å². The van der Waals surface area contributed by atoms with Crippen LogP contribution in [-0.4, -0.2) is 21.4 Å². The van der Waals surface area contributed by atoms with E-state index in [0.717, 1.165) is 0 Å². The second-order valence-corrected chi connectivity index (χ2v) is 6.89. The van der Waals surface area contributed by atoms with Crippen molar-refractivity contribution in [1.29, 1.82) is 0 Å². The van der Waals surface area contributed by atoms with Gasteiger partial charge in [0.15, 0.2) is 0 Å². The molecule has 0 aromatic heterocycles. The largest absolute Gasteiger partial charge is 0.280 e. The van der Waals surface area contributed by atoms with E-state index in [2.05, 4.69) is 15.0 Å². The third-order valence-electron chi connectivity index (χ3n) is 2.78. The first-order valence-electron chi connectivity index (χ1n) is 6.25. The van der Waals surface area contributed by atoms with Gasteiger partial charge in [0.05, 0.1) is 12.1 Å². The topological polar surface area (TPSA) is 84.5 Å². The van der Waals surface area contributed by atoms with E-state index in [0.29, 0.717) is 5.56 Å². The van der Waals surface area contributed by atoms with Crippen molar-refractivity contribution in [2.75, 3.05) is 11.8 Å². The van der Waals surface area contributed by atoms with E-state index >= 15 is 0 Å². The predicted molar refractivity (Wildman–Crippen MR) is 88.2 cm³/mol. The van der Waals surface area contributed by atoms with Crippen LogP contribution in [0.1, 0.15) is 10.4 Å². The van der Waals surface area contributed by atoms with Crippen LogP contribution in [0.2, 0.25) is 10.0 Å². The van der Waals surface area contributed by atoms with E-state index in [4.69, 9.17) is 23.2 Å². The molecule has 0 saturated carbocycles. The fourth-order valence-corrected chi connectivity index (χ4v) is 3.56. The molecule has 1 amide bonds. The lowest BCUT2D eigenvalue weighted by atomic mass is 10.2. The highest BCUT2D eigenvalue weighted by Crippen LogP contribution is 2.26. The maximum atomic E-state index is 12.3. The summed E-state index contributed by atoms with van der Waals surface area (Å²) in [7, 11) is -2.59. The second kappa shape index (κ2) is 7.18. The fourth-order valence-electron chi connectivity index (χ4n) is 1.73. The van der Waals surface area contributed by atoms with Crippen LogP contribution in [0.25, 0.3) is 0 Å². The number of nitrogens with one attached hydrogen (secondary N) is 2. The number of sulfonamides is 1. The lowest BCUT2D eigenvalue weighted by Crippen LogP contribution is -2.21. The van der Waals surface area contributed by atoms with Crippen molar-refractivity contribution in [2.24, 2.45) is 0 Å². The summed E-state index contributed by atoms with van der Waals surface area (Å²) in [6, 6.07) is 9.94. The normalized spacial score (nSPS) is 11.1. The molecule has 0 aliphatic heterocycles. The highest BCUT2D eigenvalue weighted by molar-refractivity contribution is 7.92. The molecule has 122 valence electrons. The smallest absolute Gasteiger partial charge is 0.274 e. The van der Waals surface area contributed by atoms with Crippen LogP contribution in [-0.2, 0) is 14.9 Å². The number of hydrogen-bond donors (Lipinski definition) is 2. The molecule has 0 fully saturated rings. The molecule has 0 heterocycles. The Labute approximate surface area is 143 Å². The summed E-state index contributed by atoms with van der Waals surface area (Å²) in [6.07, 6.45) is 0. The van der Waals surface area contributed by atoms with Crippen LogP contribution in [0.5, 0.6) is 0 Å². The van der Waals surface area contributed by atoms with Crippen molar-refractivity contribution in [2.45, 2.75) is 4.90 Å². The Kier molecular flexibility index (Phi) is 5.48. The maximum absolute atomic E-state index is 12.3. The van der Waals surface area contributed by atoms with Crippen molar-refractivity contribution < 1.29 is 18.0 Å². The van der Waals surface area contributed by atoms with Gasteiger partial charge in [-0.3, -0.25) is 14.4 Å². The number of benzene rings is 2. The van der Waals surface area contributed by atoms with Gasteiger partial charge in [0, 0.05) is 16.3 Å². The molecule has 0 radical (unpaired) electrons. The molecular weight excluding hydrogens is 363 g/mol. The summed E-state index contributed by atoms with van der Waals surface area (Å²) in [5, 5.41) is 0.305. The minimum Gasteiger partial charge on any atom is -0.280 e. The molecule has 9 heteroatoms. The zero-order chi connectivity index (χ0) is 17.0. The third-order valence-corrected chi connectivity index (χ3v) is 4.87. The average Bonchev–Trinajstić information content (AvgIpc) is 2.50. The van der Waals surface area contributed by atoms with E-state index in [1.807, 2.05) is 0 Å². The van der Waals surface area contributed by atoms with Gasteiger partial charge in [0.1, 0.15) is 4.90 Å². The number of carbonyl (C=O) groups excluding carboxylic acids is 1. The number of halogens is 2. The predicted octanol–water partition coefficient (Wildman–Crippen LogP) is 3.09. The number of rotatable bonds is 5. The Bertz CT molecular complexity index is 823. The Morgan fingerprint density at radius 3 is 2.35 bits per heavy atom. The Hall–Kier alpha value is -1.80. The molecule has 6 nitrogen and oxygen atoms in total. The number of anilines is 1. The molecule has 2 rings (SSSR count). The first-order valence-corrected chi connectivity index (χ1v) is 8.48. The molecule has 0 spiro atoms. The SMILES string of the molecule is CONC(=O)c1ccc(NS(=O)(=O)c2cc(Cl)ccc2Cl)cc1. The lowest BCUT2D eigenvalue weighted by Gasteiger charge is -2.10. The van der Waals surface area contributed by atoms with Gasteiger partial charge in [-0.2, -0.15) is 0 Å². The minimum absolute atomic E-state index is 0.0537. The van der Waals surface area contributed by atoms with Crippen LogP contribution in [0.15, 0.2) is 47.4 Å². The molecule has 2 aromatic rings. The standard InChI is InChI=1S/C14H12Cl2N2O4S/c1-22-17-14(19)9-2-5-11(6-3-9)18-23(20,21)13-8-10(15)4-7-12(13)16/h2-8,18H,1H3,(H,17,19). The van der Waals surface area contributed by atoms with E-state index < -0.39 is 15.9 Å². The molecule has 0 unspecified atom stereocenters. The quantitative estimate of drug-likeness (QED) is 0.787. The molecular formula is C14H12Cl2N2O4S. The highest BCUT2D eigenvalue weighted by Gasteiger charge is 2.18. The van der Waals surface area contributed by atoms with Crippen molar-refractivity contribution in [3.8, 4) is 0 Å². The van der Waals surface area contributed by atoms with Gasteiger partial charge in [0.25, 0.3) is 15.9 Å². The molecule has 2 aromatic carbocycles. The number of carbonyl (C=O) groups is 1. The Morgan fingerprint density at radius 1 is 1.09 bits per heavy atom. The van der Waals surface area contributed by atoms with Gasteiger partial charge < -0.3 is 0 Å². The highest BCUT2D eigenvalue weighted by atomic mass is 35.5. The Morgan fingerprint density at radius 2 is 1.74 bits per heavy atom. The van der Waals surface area contributed by atoms with Crippen LogP contribution in [0.4, 0.5) is 5.69 Å². The molecule has 23 heavy (non-hydrogen) atoms. The van der Waals surface area contributed by atoms with Crippen molar-refractivity contribution >= 4 is 44.8 Å². The van der Waals surface area contributed by atoms with Crippen LogP contribution in [0.3, 0.4) is 0 Å². The first kappa shape index (κ1) is 17.6. The minimum atomic E-state index is -3.90. The number of hydrogen-bond acceptors (Lipinski definition) is 4. The summed E-state index contributed by atoms with van der Waals surface area (Å²) >= 11 is 11.7. The zero-order valence-corrected chi connectivity index (χ0v) is 14.2. The summed E-state index contributed by atoms with van der Waals surface area (Å²) in [5.74, 6) is -0.445. The second-order valence-electron chi connectivity index (χ2n) is 4.39. The molecule has 2 N–H and O–H groups in total. The molecule has 0 saturated heterocycles. The zero-order valence-electron chi connectivity index (χ0n) is 11.8. The van der Waals surface area contributed by atoms with Gasteiger partial charge in [0.2, 0.25) is 0 Å². The number of amides is 1. The van der Waals surface area contributed by atoms with Gasteiger partial charge in [-0.1, -0.05) is 23.2 Å². The summed E-state index contributed by atoms with van der Waals surface area (Å²) < 4.78 is 27.1. The molecule has 0 atom stereocenters. The number of hydroxylamine groups is 1. The monoisotopic (exact) mass is 374 g/mol. The van der Waals surface area contributed by atoms with E-state index in [-0.39, 0.29) is 20.6 Å². The molecule has 0 aliphatic rings. The lowest BCUT2D eigenvalue weighted by molar-refractivity contribution is 0.0537. The van der Waals surface area contributed by atoms with E-state index in [1.165, 1.54) is 49.6 Å². The van der Waals surface area contributed by atoms with Crippen molar-refractivity contribution in [3.05, 3.63) is 58.1 Å². The van der Waals surface area contributed by atoms with Crippen LogP contribution in [0, 0.1) is 0 Å². The van der Waals surface area contributed by atoms with Gasteiger partial charge in [-0.25, -0.2) is 13.9 Å². The molecule has 0 aliphatic carbocycles. The summed E-state index contributed by atoms with van der Waals surface area (Å²) in [4.78, 5) is 15.9. The summed E-state index contributed by atoms with van der Waals surface area (Å²) in [6.45, 7) is 0. The van der Waals surface area contributed by atoms with Crippen molar-refractivity contribution in [1.82, 2.24) is 5.48 Å². The third kappa shape index (κ3) is 4.35. The Balaban J connectivity index is 2.24. The van der Waals surface area contributed by atoms with Crippen molar-refractivity contribution in [3.63, 3.8) is 0 Å². The van der Waals surface area contributed by atoms with Crippen LogP contribution < -0.4 is 10.2 Å². The van der Waals surface area contributed by atoms with Gasteiger partial charge in [-0.15, -0.1) is 0 Å². The fraction of sp³-hybridized carbons (Fsp3) is 0.0714. The summed E-state index contributed by atoms with van der Waals surface area (Å²) in [5.41, 5.74) is 2.75. The van der Waals surface area contributed by atoms with Gasteiger partial charge in [-0.05, 0) is 42.5 Å². The maximum Gasteiger partial charge on any atom is 0.274 e.